The summed E-state index contributed by atoms with van der Waals surface area (Å²) in [6, 6.07) is 29.3. The van der Waals surface area contributed by atoms with Crippen molar-refractivity contribution in [2.45, 2.75) is 32.8 Å². The van der Waals surface area contributed by atoms with E-state index in [1.54, 1.807) is 0 Å². The van der Waals surface area contributed by atoms with Crippen LogP contribution in [0.3, 0.4) is 0 Å². The third kappa shape index (κ3) is 4.32. The molecule has 0 bridgehead atoms. The zero-order valence-electron chi connectivity index (χ0n) is 25.4. The molecule has 6 aromatic rings. The van der Waals surface area contributed by atoms with Gasteiger partial charge in [-0.1, -0.05) is 118 Å². The summed E-state index contributed by atoms with van der Waals surface area (Å²) in [5, 5.41) is 29.4. The summed E-state index contributed by atoms with van der Waals surface area (Å²) < 4.78 is 0. The minimum absolute atomic E-state index is 0.0454. The molecule has 2 atom stereocenters. The average molecular weight is 573 g/mol. The van der Waals surface area contributed by atoms with Gasteiger partial charge in [0.05, 0.1) is 13.2 Å². The molecule has 0 aliphatic heterocycles. The van der Waals surface area contributed by atoms with Gasteiger partial charge in [-0.05, 0) is 106 Å². The van der Waals surface area contributed by atoms with E-state index in [9.17, 15) is 10.2 Å². The Bertz CT molecular complexity index is 2220. The first-order chi connectivity index (χ1) is 21.3. The zero-order chi connectivity index (χ0) is 30.2. The maximum atomic E-state index is 9.69. The summed E-state index contributed by atoms with van der Waals surface area (Å²) >= 11 is 0. The normalized spacial score (nSPS) is 18.4. The number of rotatable bonds is 4. The molecule has 0 heterocycles. The highest BCUT2D eigenvalue weighted by atomic mass is 16.3. The van der Waals surface area contributed by atoms with E-state index in [4.69, 9.17) is 0 Å². The molecular weight excluding hydrogens is 536 g/mol. The Hall–Kier alpha value is -4.50. The predicted molar refractivity (Wildman–Crippen MR) is 186 cm³/mol. The molecule has 8 rings (SSSR count). The van der Waals surface area contributed by atoms with E-state index in [1.807, 2.05) is 6.07 Å². The minimum atomic E-state index is 0.0454. The average Bonchev–Trinajstić information content (AvgIpc) is 3.05. The lowest BCUT2D eigenvalue weighted by atomic mass is 9.78. The van der Waals surface area contributed by atoms with E-state index >= 15 is 0 Å². The molecule has 2 aliphatic carbocycles. The first-order valence-corrected chi connectivity index (χ1v) is 15.6. The van der Waals surface area contributed by atoms with Crippen molar-refractivity contribution >= 4 is 48.7 Å². The minimum Gasteiger partial charge on any atom is -0.392 e. The van der Waals surface area contributed by atoms with Crippen LogP contribution in [-0.2, 0) is 12.0 Å². The van der Waals surface area contributed by atoms with Crippen molar-refractivity contribution < 1.29 is 10.2 Å². The van der Waals surface area contributed by atoms with Crippen molar-refractivity contribution in [2.24, 2.45) is 11.8 Å². The van der Waals surface area contributed by atoms with Crippen LogP contribution in [0.4, 0.5) is 0 Å². The number of benzene rings is 6. The van der Waals surface area contributed by atoms with Crippen molar-refractivity contribution in [1.82, 2.24) is 0 Å². The van der Waals surface area contributed by atoms with Crippen LogP contribution in [-0.4, -0.2) is 16.8 Å². The van der Waals surface area contributed by atoms with Crippen molar-refractivity contribution in [3.8, 4) is 11.1 Å². The van der Waals surface area contributed by atoms with Crippen molar-refractivity contribution in [2.75, 3.05) is 6.61 Å². The molecule has 0 amide bonds. The zero-order valence-corrected chi connectivity index (χ0v) is 25.4. The predicted octanol–water partition coefficient (Wildman–Crippen LogP) is 9.87. The van der Waals surface area contributed by atoms with Crippen LogP contribution >= 0.6 is 0 Å². The van der Waals surface area contributed by atoms with Crippen LogP contribution in [0.5, 0.6) is 0 Å². The summed E-state index contributed by atoms with van der Waals surface area (Å²) in [5.74, 6) is 0.535. The van der Waals surface area contributed by atoms with Gasteiger partial charge in [0.25, 0.3) is 0 Å². The Morgan fingerprint density at radius 3 is 1.98 bits per heavy atom. The van der Waals surface area contributed by atoms with Crippen molar-refractivity contribution in [3.05, 3.63) is 138 Å². The molecule has 0 spiro atoms. The van der Waals surface area contributed by atoms with E-state index in [0.717, 1.165) is 16.5 Å². The van der Waals surface area contributed by atoms with Crippen LogP contribution in [0.15, 0.2) is 121 Å². The number of fused-ring (bicyclic) bond motifs is 2. The van der Waals surface area contributed by atoms with Crippen LogP contribution in [0.2, 0.25) is 0 Å². The maximum Gasteiger partial charge on any atom is 0.0682 e. The molecule has 0 fully saturated rings. The third-order valence-corrected chi connectivity index (χ3v) is 9.73. The Labute approximate surface area is 258 Å². The number of hydrogen-bond donors (Lipinski definition) is 2. The number of hydrogen-bond acceptors (Lipinski definition) is 2. The lowest BCUT2D eigenvalue weighted by molar-refractivity contribution is 0.282. The second kappa shape index (κ2) is 10.0. The SMILES string of the molecule is CC(C)(C)c1cc2ccc3c(C4=CC5C=CC(CO)=CC5C=C4)cc(-c4ccc5cc(CO)ccc5c4)c4ccc(c1)c2c34. The van der Waals surface area contributed by atoms with Gasteiger partial charge in [0.2, 0.25) is 0 Å². The van der Waals surface area contributed by atoms with Gasteiger partial charge in [0.1, 0.15) is 0 Å². The Kier molecular flexibility index (Phi) is 6.17. The molecule has 6 aromatic carbocycles. The standard InChI is InChI=1S/C42H36O2/c1-42(2,3)35-20-33-12-14-36-38(31-10-8-27-16-25(23-43)4-6-29(27)18-31)22-39(37-15-13-34(21-35)40(33)41(36)37)32-11-9-28-17-26(24-44)5-7-30(28)19-32/h4-22,27,29,43-44H,23-24H2,1-3H3. The Balaban J connectivity index is 1.40. The van der Waals surface area contributed by atoms with E-state index in [-0.39, 0.29) is 30.5 Å². The molecule has 2 aliphatic rings. The Morgan fingerprint density at radius 2 is 1.25 bits per heavy atom. The van der Waals surface area contributed by atoms with Gasteiger partial charge in [-0.2, -0.15) is 0 Å². The van der Waals surface area contributed by atoms with Crippen molar-refractivity contribution in [3.63, 3.8) is 0 Å². The van der Waals surface area contributed by atoms with Crippen LogP contribution in [0.1, 0.15) is 37.5 Å². The first kappa shape index (κ1) is 27.1. The quantitative estimate of drug-likeness (QED) is 0.206. The summed E-state index contributed by atoms with van der Waals surface area (Å²) in [4.78, 5) is 0. The monoisotopic (exact) mass is 572 g/mol. The molecule has 44 heavy (non-hydrogen) atoms. The summed E-state index contributed by atoms with van der Waals surface area (Å²) in [7, 11) is 0. The highest BCUT2D eigenvalue weighted by molar-refractivity contribution is 6.27. The number of allylic oxidation sites excluding steroid dienone is 6. The molecule has 216 valence electrons. The second-order valence-electron chi connectivity index (χ2n) is 13.6. The maximum absolute atomic E-state index is 9.69. The van der Waals surface area contributed by atoms with Gasteiger partial charge in [0, 0.05) is 11.8 Å². The third-order valence-electron chi connectivity index (χ3n) is 9.73. The molecule has 2 heteroatoms. The van der Waals surface area contributed by atoms with Gasteiger partial charge in [-0.3, -0.25) is 0 Å². The summed E-state index contributed by atoms with van der Waals surface area (Å²) in [6.45, 7) is 6.98. The molecule has 2 N–H and O–H groups in total. The molecule has 2 unspecified atom stereocenters. The van der Waals surface area contributed by atoms with Crippen LogP contribution in [0, 0.1) is 11.8 Å². The fourth-order valence-electron chi connectivity index (χ4n) is 7.28. The summed E-state index contributed by atoms with van der Waals surface area (Å²) in [6.07, 6.45) is 13.4. The van der Waals surface area contributed by atoms with Gasteiger partial charge >= 0.3 is 0 Å². The largest absolute Gasteiger partial charge is 0.392 e. The lowest BCUT2D eigenvalue weighted by Gasteiger charge is -2.26. The van der Waals surface area contributed by atoms with Crippen molar-refractivity contribution in [1.29, 1.82) is 0 Å². The number of aliphatic hydroxyl groups excluding tert-OH is 2. The molecule has 0 radical (unpaired) electrons. The number of aliphatic hydroxyl groups is 2. The molecule has 0 saturated carbocycles. The Morgan fingerprint density at radius 1 is 0.591 bits per heavy atom. The van der Waals surface area contributed by atoms with Crippen LogP contribution in [0.25, 0.3) is 59.8 Å². The molecular formula is C42H36O2. The van der Waals surface area contributed by atoms with Gasteiger partial charge in [-0.15, -0.1) is 0 Å². The topological polar surface area (TPSA) is 40.5 Å². The highest BCUT2D eigenvalue weighted by Gasteiger charge is 2.24. The molecule has 2 nitrogen and oxygen atoms in total. The smallest absolute Gasteiger partial charge is 0.0682 e. The van der Waals surface area contributed by atoms with E-state index in [0.29, 0.717) is 0 Å². The second-order valence-corrected chi connectivity index (χ2v) is 13.6. The van der Waals surface area contributed by atoms with Gasteiger partial charge < -0.3 is 10.2 Å². The van der Waals surface area contributed by atoms with E-state index < -0.39 is 0 Å². The van der Waals surface area contributed by atoms with E-state index in [2.05, 4.69) is 130 Å². The van der Waals surface area contributed by atoms with Crippen LogP contribution < -0.4 is 0 Å². The first-order valence-electron chi connectivity index (χ1n) is 15.6. The highest BCUT2D eigenvalue weighted by Crippen LogP contribution is 2.45. The fraction of sp³-hybridized carbons (Fsp3) is 0.190. The molecule has 0 saturated heterocycles. The fourth-order valence-corrected chi connectivity index (χ4v) is 7.28. The molecule has 0 aromatic heterocycles. The van der Waals surface area contributed by atoms with Gasteiger partial charge in [0.15, 0.2) is 0 Å². The lowest BCUT2D eigenvalue weighted by Crippen LogP contribution is -2.14. The summed E-state index contributed by atoms with van der Waals surface area (Å²) in [5.41, 5.74) is 8.23. The van der Waals surface area contributed by atoms with E-state index in [1.165, 1.54) is 65.5 Å². The van der Waals surface area contributed by atoms with Gasteiger partial charge in [-0.25, -0.2) is 0 Å².